The van der Waals surface area contributed by atoms with Crippen molar-refractivity contribution in [3.8, 4) is 11.1 Å². The van der Waals surface area contributed by atoms with Crippen molar-refractivity contribution in [1.29, 1.82) is 0 Å². The second-order valence-corrected chi connectivity index (χ2v) is 10.9. The number of nitrogens with one attached hydrogen (secondary N) is 1. The Morgan fingerprint density at radius 1 is 0.875 bits per heavy atom. The quantitative estimate of drug-likeness (QED) is 0.279. The summed E-state index contributed by atoms with van der Waals surface area (Å²) in [7, 11) is -8.15. The van der Waals surface area contributed by atoms with E-state index in [-0.39, 0.29) is 51.8 Å². The molecule has 0 unspecified atom stereocenters. The maximum atomic E-state index is 12.3. The molecule has 0 atom stereocenters. The molecule has 1 aromatic rings. The van der Waals surface area contributed by atoms with Crippen LogP contribution in [0.15, 0.2) is 70.5 Å². The molecule has 0 spiro atoms. The Labute approximate surface area is 212 Å². The Balaban J connectivity index is 0.00000363. The van der Waals surface area contributed by atoms with Gasteiger partial charge in [-0.3, -0.25) is 0 Å². The first-order valence-electron chi connectivity index (χ1n) is 10.2. The standard InChI is InChI=1S/C23H27NO5S2.Na/c1-17(2)18-11-13-21-19(16-23(31(27,28)29)22(21)14-12-18)8-6-7-15-24-30(25,26)20-9-4-3-5-10-20;/h3-5,9-14,16-17,24H,6-8,15H2,1-2H3,(H,27,28,29);/q;+1/p-1. The minimum atomic E-state index is -4.60. The SMILES string of the molecule is CC(C)c1ccc2c(CCCCNS(=O)(=O)c3ccccc3)cc(S(=O)(=O)[O-])c-2cc1.[Na+]. The second kappa shape index (κ2) is 11.2. The van der Waals surface area contributed by atoms with Crippen LogP contribution in [0, 0.1) is 0 Å². The zero-order valence-corrected chi connectivity index (χ0v) is 22.2. The fraction of sp³-hybridized carbons (Fsp3) is 0.304. The minimum absolute atomic E-state index is 0. The number of hydrogen-bond donors (Lipinski definition) is 1. The van der Waals surface area contributed by atoms with Crippen LogP contribution >= 0.6 is 0 Å². The van der Waals surface area contributed by atoms with Crippen molar-refractivity contribution >= 4 is 20.1 Å². The summed E-state index contributed by atoms with van der Waals surface area (Å²) in [4.78, 5) is 0.0176. The van der Waals surface area contributed by atoms with Crippen molar-refractivity contribution < 1.29 is 50.9 Å². The summed E-state index contributed by atoms with van der Waals surface area (Å²) in [6, 6.07) is 17.0. The van der Waals surface area contributed by atoms with E-state index in [1.54, 1.807) is 24.3 Å². The van der Waals surface area contributed by atoms with Gasteiger partial charge in [0.2, 0.25) is 10.0 Å². The molecule has 0 radical (unpaired) electrons. The summed E-state index contributed by atoms with van der Waals surface area (Å²) in [6.07, 6.45) is 1.76. The molecule has 1 aromatic carbocycles. The predicted molar refractivity (Wildman–Crippen MR) is 120 cm³/mol. The summed E-state index contributed by atoms with van der Waals surface area (Å²) >= 11 is 0. The topological polar surface area (TPSA) is 103 Å². The van der Waals surface area contributed by atoms with E-state index in [1.165, 1.54) is 18.2 Å². The van der Waals surface area contributed by atoms with E-state index in [9.17, 15) is 21.4 Å². The van der Waals surface area contributed by atoms with Gasteiger partial charge in [-0.25, -0.2) is 21.6 Å². The number of unbranched alkanes of at least 4 members (excludes halogenated alkanes) is 1. The minimum Gasteiger partial charge on any atom is -0.744 e. The van der Waals surface area contributed by atoms with E-state index in [4.69, 9.17) is 0 Å². The van der Waals surface area contributed by atoms with Crippen LogP contribution in [0.5, 0.6) is 0 Å². The van der Waals surface area contributed by atoms with Gasteiger partial charge in [0.15, 0.2) is 0 Å². The van der Waals surface area contributed by atoms with Crippen LogP contribution in [-0.4, -0.2) is 27.9 Å². The first kappa shape index (κ1) is 27.0. The number of hydrogen-bond acceptors (Lipinski definition) is 5. The molecule has 2 aliphatic carbocycles. The zero-order valence-electron chi connectivity index (χ0n) is 18.5. The summed E-state index contributed by atoms with van der Waals surface area (Å²) in [6.45, 7) is 4.36. The molecule has 3 rings (SSSR count). The van der Waals surface area contributed by atoms with Crippen LogP contribution in [0.2, 0.25) is 0 Å². The molecule has 6 nitrogen and oxygen atoms in total. The number of sulfonamides is 1. The Kier molecular flexibility index (Phi) is 9.48. The molecule has 166 valence electrons. The molecule has 0 aromatic heterocycles. The van der Waals surface area contributed by atoms with Crippen molar-refractivity contribution in [2.45, 2.75) is 48.8 Å². The van der Waals surface area contributed by atoms with Gasteiger partial charge >= 0.3 is 29.6 Å². The third-order valence-electron chi connectivity index (χ3n) is 5.25. The fourth-order valence-electron chi connectivity index (χ4n) is 3.53. The average molecular weight is 484 g/mol. The van der Waals surface area contributed by atoms with Gasteiger partial charge in [0.1, 0.15) is 10.1 Å². The molecule has 32 heavy (non-hydrogen) atoms. The number of rotatable bonds is 9. The maximum Gasteiger partial charge on any atom is 1.00 e. The molecular weight excluding hydrogens is 457 g/mol. The molecule has 0 saturated carbocycles. The van der Waals surface area contributed by atoms with Crippen LogP contribution in [0.4, 0.5) is 0 Å². The average Bonchev–Trinajstić information content (AvgIpc) is 2.91. The smallest absolute Gasteiger partial charge is 0.744 e. The van der Waals surface area contributed by atoms with Gasteiger partial charge in [-0.05, 0) is 65.6 Å². The van der Waals surface area contributed by atoms with Crippen LogP contribution in [0.1, 0.15) is 43.7 Å². The Hall–Kier alpha value is -1.26. The molecule has 0 saturated heterocycles. The first-order valence-corrected chi connectivity index (χ1v) is 13.0. The second-order valence-electron chi connectivity index (χ2n) is 7.80. The Morgan fingerprint density at radius 3 is 2.09 bits per heavy atom. The maximum absolute atomic E-state index is 12.3. The normalized spacial score (nSPS) is 12.1. The van der Waals surface area contributed by atoms with Gasteiger partial charge in [-0.15, -0.1) is 0 Å². The van der Waals surface area contributed by atoms with Crippen LogP contribution < -0.4 is 34.3 Å². The van der Waals surface area contributed by atoms with Crippen LogP contribution in [0.25, 0.3) is 11.1 Å². The van der Waals surface area contributed by atoms with Gasteiger partial charge in [-0.2, -0.15) is 0 Å². The van der Waals surface area contributed by atoms with Crippen LogP contribution in [-0.2, 0) is 26.6 Å². The van der Waals surface area contributed by atoms with Gasteiger partial charge < -0.3 is 4.55 Å². The molecule has 0 fully saturated rings. The largest absolute Gasteiger partial charge is 1.00 e. The van der Waals surface area contributed by atoms with E-state index in [1.807, 2.05) is 32.0 Å². The van der Waals surface area contributed by atoms with Crippen molar-refractivity contribution in [2.75, 3.05) is 6.54 Å². The number of aryl methyl sites for hydroxylation is 1. The van der Waals surface area contributed by atoms with Gasteiger partial charge in [0.25, 0.3) is 0 Å². The molecule has 0 bridgehead atoms. The van der Waals surface area contributed by atoms with Crippen molar-refractivity contribution in [3.63, 3.8) is 0 Å². The molecule has 1 N–H and O–H groups in total. The number of fused-ring (bicyclic) bond motifs is 1. The van der Waals surface area contributed by atoms with E-state index in [2.05, 4.69) is 4.72 Å². The molecule has 0 heterocycles. The Morgan fingerprint density at radius 2 is 1.50 bits per heavy atom. The van der Waals surface area contributed by atoms with E-state index < -0.39 is 20.1 Å². The number of benzene rings is 1. The monoisotopic (exact) mass is 483 g/mol. The van der Waals surface area contributed by atoms with Crippen LogP contribution in [0.3, 0.4) is 0 Å². The summed E-state index contributed by atoms with van der Waals surface area (Å²) < 4.78 is 62.4. The molecule has 0 amide bonds. The third kappa shape index (κ3) is 6.63. The fourth-order valence-corrected chi connectivity index (χ4v) is 5.36. The molecular formula is C23H26NNaO5S2. The molecule has 2 aliphatic rings. The van der Waals surface area contributed by atoms with Crippen molar-refractivity contribution in [2.24, 2.45) is 0 Å². The first-order chi connectivity index (χ1) is 14.6. The van der Waals surface area contributed by atoms with Gasteiger partial charge in [-0.1, -0.05) is 56.3 Å². The van der Waals surface area contributed by atoms with Gasteiger partial charge in [0, 0.05) is 6.54 Å². The van der Waals surface area contributed by atoms with E-state index in [0.29, 0.717) is 24.8 Å². The predicted octanol–water partition coefficient (Wildman–Crippen LogP) is 1.12. The third-order valence-corrected chi connectivity index (χ3v) is 7.60. The van der Waals surface area contributed by atoms with E-state index >= 15 is 0 Å². The summed E-state index contributed by atoms with van der Waals surface area (Å²) in [5, 5.41) is 0. The molecule has 9 heteroatoms. The van der Waals surface area contributed by atoms with E-state index in [0.717, 1.165) is 16.7 Å². The Bertz CT molecular complexity index is 1230. The van der Waals surface area contributed by atoms with Gasteiger partial charge in [0.05, 0.1) is 9.79 Å². The van der Waals surface area contributed by atoms with Crippen molar-refractivity contribution in [1.82, 2.24) is 4.72 Å². The summed E-state index contributed by atoms with van der Waals surface area (Å²) in [5.41, 5.74) is 3.00. The zero-order chi connectivity index (χ0) is 22.6. The van der Waals surface area contributed by atoms with Crippen molar-refractivity contribution in [3.05, 3.63) is 71.8 Å². The molecule has 0 aliphatic heterocycles. The summed E-state index contributed by atoms with van der Waals surface area (Å²) in [5.74, 6) is 0.268.